The largest absolute Gasteiger partial charge is 0.493 e. The molecule has 1 aromatic carbocycles. The van der Waals surface area contributed by atoms with E-state index in [-0.39, 0.29) is 6.61 Å². The summed E-state index contributed by atoms with van der Waals surface area (Å²) in [5.41, 5.74) is 1.23. The average Bonchev–Trinajstić information content (AvgIpc) is 2.87. The minimum Gasteiger partial charge on any atom is -0.493 e. The minimum atomic E-state index is 0.0642. The standard InChI is InChI=1S/C15H19NO2S/c1-11(2)13-5-3-4-6-14(13)18-8-7-15-16-9-12(10-17)19-15/h3-6,9,11,17H,7-8,10H2,1-2H3. The van der Waals surface area contributed by atoms with E-state index in [1.165, 1.54) is 16.9 Å². The van der Waals surface area contributed by atoms with Crippen LogP contribution in [0.5, 0.6) is 5.75 Å². The Bertz CT molecular complexity index is 522. The Morgan fingerprint density at radius 1 is 1.32 bits per heavy atom. The zero-order valence-electron chi connectivity index (χ0n) is 11.3. The monoisotopic (exact) mass is 277 g/mol. The van der Waals surface area contributed by atoms with Gasteiger partial charge in [0.2, 0.25) is 0 Å². The van der Waals surface area contributed by atoms with Gasteiger partial charge in [0.1, 0.15) is 5.75 Å². The molecule has 2 rings (SSSR count). The second-order valence-electron chi connectivity index (χ2n) is 4.67. The lowest BCUT2D eigenvalue weighted by atomic mass is 10.0. The number of aliphatic hydroxyl groups is 1. The van der Waals surface area contributed by atoms with Crippen LogP contribution in [0.1, 0.15) is 35.2 Å². The fourth-order valence-electron chi connectivity index (χ4n) is 1.87. The summed E-state index contributed by atoms with van der Waals surface area (Å²) in [6.45, 7) is 5.00. The molecule has 0 unspecified atom stereocenters. The van der Waals surface area contributed by atoms with Gasteiger partial charge in [0.25, 0.3) is 0 Å². The molecule has 1 heterocycles. The van der Waals surface area contributed by atoms with E-state index in [1.807, 2.05) is 18.2 Å². The third kappa shape index (κ3) is 3.78. The summed E-state index contributed by atoms with van der Waals surface area (Å²) >= 11 is 1.54. The number of thiazole rings is 1. The van der Waals surface area contributed by atoms with E-state index in [2.05, 4.69) is 24.9 Å². The van der Waals surface area contributed by atoms with Gasteiger partial charge in [-0.15, -0.1) is 11.3 Å². The minimum absolute atomic E-state index is 0.0642. The number of hydrogen-bond acceptors (Lipinski definition) is 4. The first-order valence-electron chi connectivity index (χ1n) is 6.47. The SMILES string of the molecule is CC(C)c1ccccc1OCCc1ncc(CO)s1. The molecule has 3 nitrogen and oxygen atoms in total. The van der Waals surface area contributed by atoms with Crippen LogP contribution < -0.4 is 4.74 Å². The molecule has 102 valence electrons. The Morgan fingerprint density at radius 3 is 2.79 bits per heavy atom. The van der Waals surface area contributed by atoms with E-state index >= 15 is 0 Å². The van der Waals surface area contributed by atoms with Crippen molar-refractivity contribution < 1.29 is 9.84 Å². The second-order valence-corrected chi connectivity index (χ2v) is 5.87. The van der Waals surface area contributed by atoms with Gasteiger partial charge in [0.05, 0.1) is 23.1 Å². The van der Waals surface area contributed by atoms with Crippen LogP contribution in [0.4, 0.5) is 0 Å². The van der Waals surface area contributed by atoms with Crippen LogP contribution in [-0.4, -0.2) is 16.7 Å². The summed E-state index contributed by atoms with van der Waals surface area (Å²) in [6, 6.07) is 8.15. The predicted molar refractivity (Wildman–Crippen MR) is 77.8 cm³/mol. The lowest BCUT2D eigenvalue weighted by Crippen LogP contribution is -2.03. The Labute approximate surface area is 117 Å². The maximum Gasteiger partial charge on any atom is 0.122 e. The number of hydrogen-bond donors (Lipinski definition) is 1. The zero-order chi connectivity index (χ0) is 13.7. The number of nitrogens with zero attached hydrogens (tertiary/aromatic N) is 1. The second kappa shape index (κ2) is 6.68. The molecule has 0 fully saturated rings. The molecule has 4 heteroatoms. The molecule has 1 aromatic heterocycles. The van der Waals surface area contributed by atoms with Gasteiger partial charge in [0, 0.05) is 12.6 Å². The molecular formula is C15H19NO2S. The molecule has 0 aliphatic heterocycles. The number of para-hydroxylation sites is 1. The molecule has 0 saturated carbocycles. The highest BCUT2D eigenvalue weighted by molar-refractivity contribution is 7.11. The van der Waals surface area contributed by atoms with Gasteiger partial charge in [-0.1, -0.05) is 32.0 Å². The molecule has 0 aliphatic carbocycles. The fourth-order valence-corrected chi connectivity index (χ4v) is 2.64. The average molecular weight is 277 g/mol. The highest BCUT2D eigenvalue weighted by Gasteiger charge is 2.07. The van der Waals surface area contributed by atoms with Gasteiger partial charge in [-0.3, -0.25) is 0 Å². The van der Waals surface area contributed by atoms with E-state index < -0.39 is 0 Å². The highest BCUT2D eigenvalue weighted by Crippen LogP contribution is 2.26. The van der Waals surface area contributed by atoms with Crippen molar-refractivity contribution in [1.29, 1.82) is 0 Å². The predicted octanol–water partition coefficient (Wildman–Crippen LogP) is 3.38. The van der Waals surface area contributed by atoms with E-state index in [9.17, 15) is 0 Å². The van der Waals surface area contributed by atoms with E-state index in [0.717, 1.165) is 22.1 Å². The van der Waals surface area contributed by atoms with E-state index in [1.54, 1.807) is 6.20 Å². The quantitative estimate of drug-likeness (QED) is 0.880. The van der Waals surface area contributed by atoms with Crippen LogP contribution in [0.25, 0.3) is 0 Å². The summed E-state index contributed by atoms with van der Waals surface area (Å²) in [4.78, 5) is 5.15. The van der Waals surface area contributed by atoms with Gasteiger partial charge < -0.3 is 9.84 Å². The topological polar surface area (TPSA) is 42.4 Å². The van der Waals surface area contributed by atoms with Crippen molar-refractivity contribution in [2.24, 2.45) is 0 Å². The summed E-state index contributed by atoms with van der Waals surface area (Å²) < 4.78 is 5.85. The Kier molecular flexibility index (Phi) is 4.93. The Balaban J connectivity index is 1.92. The van der Waals surface area contributed by atoms with E-state index in [0.29, 0.717) is 12.5 Å². The van der Waals surface area contributed by atoms with Crippen LogP contribution in [-0.2, 0) is 13.0 Å². The molecule has 2 aromatic rings. The third-order valence-electron chi connectivity index (χ3n) is 2.87. The van der Waals surface area contributed by atoms with Gasteiger partial charge in [0.15, 0.2) is 0 Å². The Morgan fingerprint density at radius 2 is 2.11 bits per heavy atom. The van der Waals surface area contributed by atoms with Crippen LogP contribution in [0.2, 0.25) is 0 Å². The number of aliphatic hydroxyl groups excluding tert-OH is 1. The number of benzene rings is 1. The molecule has 0 aliphatic rings. The Hall–Kier alpha value is -1.39. The van der Waals surface area contributed by atoms with Crippen molar-refractivity contribution in [3.8, 4) is 5.75 Å². The third-order valence-corrected chi connectivity index (χ3v) is 3.91. The normalized spacial score (nSPS) is 10.9. The van der Waals surface area contributed by atoms with Gasteiger partial charge >= 0.3 is 0 Å². The maximum atomic E-state index is 8.99. The number of ether oxygens (including phenoxy) is 1. The van der Waals surface area contributed by atoms with E-state index in [4.69, 9.17) is 9.84 Å². The van der Waals surface area contributed by atoms with Crippen molar-refractivity contribution in [2.45, 2.75) is 32.8 Å². The lowest BCUT2D eigenvalue weighted by Gasteiger charge is -2.13. The van der Waals surface area contributed by atoms with Crippen molar-refractivity contribution in [1.82, 2.24) is 4.98 Å². The zero-order valence-corrected chi connectivity index (χ0v) is 12.1. The number of rotatable bonds is 6. The molecule has 0 saturated heterocycles. The lowest BCUT2D eigenvalue weighted by molar-refractivity contribution is 0.285. The van der Waals surface area contributed by atoms with Crippen molar-refractivity contribution in [2.75, 3.05) is 6.61 Å². The van der Waals surface area contributed by atoms with Crippen molar-refractivity contribution in [3.63, 3.8) is 0 Å². The maximum absolute atomic E-state index is 8.99. The van der Waals surface area contributed by atoms with Crippen LogP contribution >= 0.6 is 11.3 Å². The fraction of sp³-hybridized carbons (Fsp3) is 0.400. The molecule has 19 heavy (non-hydrogen) atoms. The van der Waals surface area contributed by atoms with Crippen molar-refractivity contribution >= 4 is 11.3 Å². The van der Waals surface area contributed by atoms with Crippen LogP contribution in [0, 0.1) is 0 Å². The molecular weight excluding hydrogens is 258 g/mol. The number of aromatic nitrogens is 1. The molecule has 0 radical (unpaired) electrons. The summed E-state index contributed by atoms with van der Waals surface area (Å²) in [6.07, 6.45) is 2.50. The van der Waals surface area contributed by atoms with Gasteiger partial charge in [-0.2, -0.15) is 0 Å². The summed E-state index contributed by atoms with van der Waals surface area (Å²) in [7, 11) is 0. The first-order valence-corrected chi connectivity index (χ1v) is 7.28. The highest BCUT2D eigenvalue weighted by atomic mass is 32.1. The molecule has 0 bridgehead atoms. The summed E-state index contributed by atoms with van der Waals surface area (Å²) in [5.74, 6) is 1.41. The first-order chi connectivity index (χ1) is 9.20. The van der Waals surface area contributed by atoms with Gasteiger partial charge in [-0.05, 0) is 17.5 Å². The molecule has 1 N–H and O–H groups in total. The van der Waals surface area contributed by atoms with Crippen molar-refractivity contribution in [3.05, 3.63) is 45.9 Å². The van der Waals surface area contributed by atoms with Crippen LogP contribution in [0.3, 0.4) is 0 Å². The van der Waals surface area contributed by atoms with Gasteiger partial charge in [-0.25, -0.2) is 4.98 Å². The summed E-state index contributed by atoms with van der Waals surface area (Å²) in [5, 5.41) is 10.00. The smallest absolute Gasteiger partial charge is 0.122 e. The van der Waals surface area contributed by atoms with Crippen LogP contribution in [0.15, 0.2) is 30.5 Å². The first kappa shape index (κ1) is 14.0. The molecule has 0 atom stereocenters. The molecule has 0 spiro atoms. The molecule has 0 amide bonds.